The third kappa shape index (κ3) is 6.59. The predicted molar refractivity (Wildman–Crippen MR) is 147 cm³/mol. The Bertz CT molecular complexity index is 1150. The molecule has 1 N–H and O–H groups in total. The first-order valence-corrected chi connectivity index (χ1v) is 12.1. The highest BCUT2D eigenvalue weighted by atomic mass is 15.3. The smallest absolute Gasteiger partial charge is 0.229 e. The number of nitrogens with zero attached hydrogens (tertiary/aromatic N) is 6. The Balaban J connectivity index is 1.46. The molecule has 182 valence electrons. The van der Waals surface area contributed by atoms with Crippen molar-refractivity contribution in [1.29, 1.82) is 0 Å². The number of hydrogen-bond acceptors (Lipinski definition) is 6. The van der Waals surface area contributed by atoms with E-state index in [1.54, 1.807) is 0 Å². The summed E-state index contributed by atoms with van der Waals surface area (Å²) in [6.45, 7) is 7.54. The van der Waals surface area contributed by atoms with E-state index in [4.69, 9.17) is 9.97 Å². The molecule has 7 nitrogen and oxygen atoms in total. The number of rotatable bonds is 7. The Hall–Kier alpha value is -3.87. The van der Waals surface area contributed by atoms with E-state index >= 15 is 0 Å². The van der Waals surface area contributed by atoms with Crippen LogP contribution in [0.25, 0.3) is 0 Å². The lowest BCUT2D eigenvalue weighted by Gasteiger charge is -2.36. The van der Waals surface area contributed by atoms with Gasteiger partial charge in [0.25, 0.3) is 0 Å². The molecule has 1 aliphatic rings. The zero-order valence-electron chi connectivity index (χ0n) is 21.1. The Kier molecular flexibility index (Phi) is 7.98. The van der Waals surface area contributed by atoms with E-state index in [9.17, 15) is 0 Å². The van der Waals surface area contributed by atoms with Gasteiger partial charge in [0.1, 0.15) is 17.5 Å². The van der Waals surface area contributed by atoms with Gasteiger partial charge in [0.05, 0.1) is 0 Å². The van der Waals surface area contributed by atoms with Gasteiger partial charge in [-0.25, -0.2) is 4.99 Å². The SMILES string of the molecule is C/C=C\N=C(C)N1CCN(c2nc(Nc3ccc(Cc4ccccc4)cc3)cc(N(C)C)n2)CC1. The molecule has 2 aromatic carbocycles. The zero-order chi connectivity index (χ0) is 24.6. The van der Waals surface area contributed by atoms with E-state index in [2.05, 4.69) is 81.6 Å². The summed E-state index contributed by atoms with van der Waals surface area (Å²) >= 11 is 0. The first-order chi connectivity index (χ1) is 17.0. The van der Waals surface area contributed by atoms with Crippen LogP contribution in [0.4, 0.5) is 23.3 Å². The monoisotopic (exact) mass is 469 g/mol. The van der Waals surface area contributed by atoms with E-state index in [-0.39, 0.29) is 0 Å². The fraction of sp³-hybridized carbons (Fsp3) is 0.321. The van der Waals surface area contributed by atoms with Crippen LogP contribution in [0.2, 0.25) is 0 Å². The molecule has 2 heterocycles. The van der Waals surface area contributed by atoms with E-state index in [0.29, 0.717) is 0 Å². The van der Waals surface area contributed by atoms with Gasteiger partial charge in [-0.3, -0.25) is 0 Å². The maximum absolute atomic E-state index is 4.86. The molecule has 0 aliphatic carbocycles. The molecule has 1 aromatic heterocycles. The van der Waals surface area contributed by atoms with Crippen molar-refractivity contribution in [2.75, 3.05) is 55.4 Å². The van der Waals surface area contributed by atoms with E-state index < -0.39 is 0 Å². The van der Waals surface area contributed by atoms with E-state index in [0.717, 1.165) is 61.7 Å². The van der Waals surface area contributed by atoms with Crippen molar-refractivity contribution in [3.8, 4) is 0 Å². The van der Waals surface area contributed by atoms with Gasteiger partial charge in [-0.2, -0.15) is 9.97 Å². The van der Waals surface area contributed by atoms with Gasteiger partial charge < -0.3 is 20.0 Å². The van der Waals surface area contributed by atoms with Crippen molar-refractivity contribution in [2.24, 2.45) is 4.99 Å². The summed E-state index contributed by atoms with van der Waals surface area (Å²) in [6, 6.07) is 21.1. The molecule has 1 saturated heterocycles. The Morgan fingerprint density at radius 2 is 1.66 bits per heavy atom. The second-order valence-corrected chi connectivity index (χ2v) is 8.92. The lowest BCUT2D eigenvalue weighted by Crippen LogP contribution is -2.48. The summed E-state index contributed by atoms with van der Waals surface area (Å²) < 4.78 is 0. The Morgan fingerprint density at radius 1 is 0.971 bits per heavy atom. The lowest BCUT2D eigenvalue weighted by atomic mass is 10.0. The fourth-order valence-electron chi connectivity index (χ4n) is 4.04. The minimum Gasteiger partial charge on any atom is -0.363 e. The number of nitrogens with one attached hydrogen (secondary N) is 1. The molecule has 35 heavy (non-hydrogen) atoms. The van der Waals surface area contributed by atoms with Crippen molar-refractivity contribution >= 4 is 29.1 Å². The first-order valence-electron chi connectivity index (χ1n) is 12.1. The summed E-state index contributed by atoms with van der Waals surface area (Å²) in [4.78, 5) is 20.7. The standard InChI is InChI=1S/C28H35N7/c1-5-15-29-22(2)34-16-18-35(19-17-34)28-31-26(21-27(32-28)33(3)4)30-25-13-11-24(12-14-25)20-23-9-7-6-8-10-23/h5-15,21H,16-20H2,1-4H3,(H,30,31,32)/b15-5-,29-22?. The molecule has 0 atom stereocenters. The molecule has 0 radical (unpaired) electrons. The van der Waals surface area contributed by atoms with Crippen LogP contribution in [-0.2, 0) is 6.42 Å². The van der Waals surface area contributed by atoms with Gasteiger partial charge in [0.2, 0.25) is 5.95 Å². The van der Waals surface area contributed by atoms with E-state index in [1.807, 2.05) is 44.3 Å². The van der Waals surface area contributed by atoms with Gasteiger partial charge in [0, 0.05) is 58.2 Å². The minimum atomic E-state index is 0.752. The molecule has 7 heteroatoms. The average Bonchev–Trinajstić information content (AvgIpc) is 2.89. The summed E-state index contributed by atoms with van der Waals surface area (Å²) in [5.74, 6) is 3.47. The van der Waals surface area contributed by atoms with Crippen molar-refractivity contribution in [1.82, 2.24) is 14.9 Å². The predicted octanol–water partition coefficient (Wildman–Crippen LogP) is 4.95. The van der Waals surface area contributed by atoms with Gasteiger partial charge in [-0.15, -0.1) is 0 Å². The van der Waals surface area contributed by atoms with Crippen LogP contribution >= 0.6 is 0 Å². The lowest BCUT2D eigenvalue weighted by molar-refractivity contribution is 0.381. The minimum absolute atomic E-state index is 0.752. The molecule has 0 unspecified atom stereocenters. The molecule has 0 saturated carbocycles. The molecule has 0 amide bonds. The molecular formula is C28H35N7. The van der Waals surface area contributed by atoms with Crippen LogP contribution in [0.5, 0.6) is 0 Å². The van der Waals surface area contributed by atoms with Gasteiger partial charge in [-0.05, 0) is 43.5 Å². The number of aromatic nitrogens is 2. The molecule has 3 aromatic rings. The maximum Gasteiger partial charge on any atom is 0.229 e. The van der Waals surface area contributed by atoms with Crippen molar-refractivity contribution < 1.29 is 0 Å². The first kappa shape index (κ1) is 24.3. The highest BCUT2D eigenvalue weighted by Gasteiger charge is 2.21. The molecule has 1 fully saturated rings. The number of hydrogen-bond donors (Lipinski definition) is 1. The van der Waals surface area contributed by atoms with Gasteiger partial charge in [0.15, 0.2) is 0 Å². The Labute approximate surface area is 208 Å². The van der Waals surface area contributed by atoms with Crippen LogP contribution in [0, 0.1) is 0 Å². The highest BCUT2D eigenvalue weighted by molar-refractivity contribution is 5.80. The molecule has 1 aliphatic heterocycles. The third-order valence-corrected chi connectivity index (χ3v) is 6.07. The summed E-state index contributed by atoms with van der Waals surface area (Å²) in [7, 11) is 4.01. The fourth-order valence-corrected chi connectivity index (χ4v) is 4.04. The number of benzene rings is 2. The Morgan fingerprint density at radius 3 is 2.31 bits per heavy atom. The van der Waals surface area contributed by atoms with Crippen molar-refractivity contribution in [3.63, 3.8) is 0 Å². The largest absolute Gasteiger partial charge is 0.363 e. The quantitative estimate of drug-likeness (QED) is 0.390. The molecule has 0 spiro atoms. The summed E-state index contributed by atoms with van der Waals surface area (Å²) in [5.41, 5.74) is 3.61. The number of aliphatic imine (C=N–C) groups is 1. The van der Waals surface area contributed by atoms with Gasteiger partial charge in [-0.1, -0.05) is 48.5 Å². The van der Waals surface area contributed by atoms with Gasteiger partial charge >= 0.3 is 0 Å². The van der Waals surface area contributed by atoms with Crippen LogP contribution in [0.1, 0.15) is 25.0 Å². The van der Waals surface area contributed by atoms with Crippen LogP contribution in [0.15, 0.2) is 77.9 Å². The molecular weight excluding hydrogens is 434 g/mol. The third-order valence-electron chi connectivity index (χ3n) is 6.07. The molecule has 0 bridgehead atoms. The number of anilines is 4. The average molecular weight is 470 g/mol. The maximum atomic E-state index is 4.86. The number of allylic oxidation sites excluding steroid dienone is 1. The van der Waals surface area contributed by atoms with Crippen LogP contribution in [-0.4, -0.2) is 61.0 Å². The van der Waals surface area contributed by atoms with Crippen LogP contribution < -0.4 is 15.1 Å². The zero-order valence-corrected chi connectivity index (χ0v) is 21.1. The normalized spacial score (nSPS) is 14.5. The number of amidine groups is 1. The molecule has 4 rings (SSSR count). The summed E-state index contributed by atoms with van der Waals surface area (Å²) in [5, 5.41) is 3.48. The highest BCUT2D eigenvalue weighted by Crippen LogP contribution is 2.24. The van der Waals surface area contributed by atoms with Crippen molar-refractivity contribution in [2.45, 2.75) is 20.3 Å². The second kappa shape index (κ2) is 11.5. The van der Waals surface area contributed by atoms with E-state index in [1.165, 1.54) is 11.1 Å². The van der Waals surface area contributed by atoms with Crippen LogP contribution in [0.3, 0.4) is 0 Å². The second-order valence-electron chi connectivity index (χ2n) is 8.92. The summed E-state index contributed by atoms with van der Waals surface area (Å²) in [6.07, 6.45) is 4.72. The van der Waals surface area contributed by atoms with Crippen molar-refractivity contribution in [3.05, 3.63) is 84.1 Å². The topological polar surface area (TPSA) is 59.9 Å². The number of piperazine rings is 1.